The maximum atomic E-state index is 14.2. The smallest absolute Gasteiger partial charge is 0.146 e. The van der Waals surface area contributed by atoms with Crippen LogP contribution in [0.2, 0.25) is 0 Å². The summed E-state index contributed by atoms with van der Waals surface area (Å²) < 4.78 is 14.2. The molecule has 0 radical (unpaired) electrons. The lowest BCUT2D eigenvalue weighted by Crippen LogP contribution is -2.18. The van der Waals surface area contributed by atoms with Crippen molar-refractivity contribution in [3.63, 3.8) is 0 Å². The van der Waals surface area contributed by atoms with Gasteiger partial charge < -0.3 is 10.2 Å². The van der Waals surface area contributed by atoms with Crippen LogP contribution in [-0.2, 0) is 6.54 Å². The number of nitrogens with one attached hydrogen (secondary N) is 1. The monoisotopic (exact) mass is 273 g/mol. The lowest BCUT2D eigenvalue weighted by molar-refractivity contribution is 0.604. The third kappa shape index (κ3) is 3.33. The van der Waals surface area contributed by atoms with Crippen molar-refractivity contribution in [3.05, 3.63) is 59.7 Å². The molecule has 1 aromatic heterocycles. The van der Waals surface area contributed by atoms with Gasteiger partial charge in [0.05, 0.1) is 5.69 Å². The van der Waals surface area contributed by atoms with Gasteiger partial charge in [-0.05, 0) is 43.3 Å². The number of hydrogen-bond acceptors (Lipinski definition) is 3. The Hall–Kier alpha value is -1.94. The van der Waals surface area contributed by atoms with E-state index in [1.165, 1.54) is 0 Å². The fraction of sp³-hybridized carbons (Fsp3) is 0.312. The minimum Gasteiger partial charge on any atom is -0.368 e. The Labute approximate surface area is 119 Å². The Morgan fingerprint density at radius 3 is 2.75 bits per heavy atom. The normalized spacial score (nSPS) is 12.2. The zero-order valence-corrected chi connectivity index (χ0v) is 12.1. The Bertz CT molecular complexity index is 557. The second kappa shape index (κ2) is 6.48. The van der Waals surface area contributed by atoms with Gasteiger partial charge in [-0.25, -0.2) is 4.39 Å². The molecule has 1 heterocycles. The van der Waals surface area contributed by atoms with E-state index in [1.54, 1.807) is 18.5 Å². The highest BCUT2D eigenvalue weighted by molar-refractivity contribution is 5.49. The predicted octanol–water partition coefficient (Wildman–Crippen LogP) is 3.14. The zero-order chi connectivity index (χ0) is 14.5. The van der Waals surface area contributed by atoms with Crippen LogP contribution < -0.4 is 10.2 Å². The van der Waals surface area contributed by atoms with Crippen molar-refractivity contribution in [2.75, 3.05) is 19.0 Å². The van der Waals surface area contributed by atoms with Crippen LogP contribution in [0.1, 0.15) is 24.1 Å². The van der Waals surface area contributed by atoms with Gasteiger partial charge in [0.1, 0.15) is 5.82 Å². The van der Waals surface area contributed by atoms with E-state index in [-0.39, 0.29) is 11.9 Å². The van der Waals surface area contributed by atoms with Gasteiger partial charge in [-0.15, -0.1) is 0 Å². The summed E-state index contributed by atoms with van der Waals surface area (Å²) in [6.45, 7) is 2.64. The summed E-state index contributed by atoms with van der Waals surface area (Å²) in [6.07, 6.45) is 3.53. The number of rotatable bonds is 5. The average molecular weight is 273 g/mol. The summed E-state index contributed by atoms with van der Waals surface area (Å²) >= 11 is 0. The number of pyridine rings is 1. The topological polar surface area (TPSA) is 28.2 Å². The fourth-order valence-corrected chi connectivity index (χ4v) is 2.12. The first-order valence-electron chi connectivity index (χ1n) is 6.68. The Kier molecular flexibility index (Phi) is 4.69. The van der Waals surface area contributed by atoms with E-state index in [2.05, 4.69) is 10.3 Å². The van der Waals surface area contributed by atoms with E-state index < -0.39 is 0 Å². The Balaban J connectivity index is 2.16. The summed E-state index contributed by atoms with van der Waals surface area (Å²) in [5.41, 5.74) is 2.60. The molecule has 1 aromatic carbocycles. The number of aromatic nitrogens is 1. The second-order valence-corrected chi connectivity index (χ2v) is 4.94. The summed E-state index contributed by atoms with van der Waals surface area (Å²) in [7, 11) is 3.75. The highest BCUT2D eigenvalue weighted by Gasteiger charge is 2.11. The van der Waals surface area contributed by atoms with E-state index in [9.17, 15) is 4.39 Å². The van der Waals surface area contributed by atoms with Gasteiger partial charge in [0.25, 0.3) is 0 Å². The minimum absolute atomic E-state index is 0.141. The first kappa shape index (κ1) is 14.5. The van der Waals surface area contributed by atoms with Crippen molar-refractivity contribution in [2.45, 2.75) is 19.5 Å². The van der Waals surface area contributed by atoms with E-state index in [1.807, 2.05) is 50.2 Å². The van der Waals surface area contributed by atoms with Crippen molar-refractivity contribution >= 4 is 5.69 Å². The summed E-state index contributed by atoms with van der Waals surface area (Å²) in [6, 6.07) is 9.39. The number of halogens is 1. The van der Waals surface area contributed by atoms with Crippen LogP contribution in [0.15, 0.2) is 42.7 Å². The summed E-state index contributed by atoms with van der Waals surface area (Å²) in [5.74, 6) is -0.198. The number of hydrogen-bond donors (Lipinski definition) is 1. The van der Waals surface area contributed by atoms with Gasteiger partial charge in [0.15, 0.2) is 0 Å². The molecule has 0 amide bonds. The highest BCUT2D eigenvalue weighted by Crippen LogP contribution is 2.23. The predicted molar refractivity (Wildman–Crippen MR) is 80.2 cm³/mol. The zero-order valence-electron chi connectivity index (χ0n) is 12.1. The van der Waals surface area contributed by atoms with Crippen LogP contribution in [0.5, 0.6) is 0 Å². The Morgan fingerprint density at radius 2 is 2.15 bits per heavy atom. The first-order chi connectivity index (χ1) is 9.61. The molecule has 0 fully saturated rings. The van der Waals surface area contributed by atoms with Crippen molar-refractivity contribution in [3.8, 4) is 0 Å². The molecule has 0 spiro atoms. The molecule has 0 saturated heterocycles. The molecule has 2 rings (SSSR count). The molecule has 3 nitrogen and oxygen atoms in total. The second-order valence-electron chi connectivity index (χ2n) is 4.94. The fourth-order valence-electron chi connectivity index (χ4n) is 2.12. The van der Waals surface area contributed by atoms with Gasteiger partial charge in [0.2, 0.25) is 0 Å². The maximum absolute atomic E-state index is 14.2. The van der Waals surface area contributed by atoms with E-state index >= 15 is 0 Å². The number of nitrogens with zero attached hydrogens (tertiary/aromatic N) is 2. The third-order valence-electron chi connectivity index (χ3n) is 3.46. The molecule has 0 bridgehead atoms. The molecule has 1 N–H and O–H groups in total. The molecule has 0 aliphatic heterocycles. The van der Waals surface area contributed by atoms with Crippen LogP contribution in [0.25, 0.3) is 0 Å². The molecule has 106 valence electrons. The maximum Gasteiger partial charge on any atom is 0.146 e. The van der Waals surface area contributed by atoms with Crippen LogP contribution >= 0.6 is 0 Å². The summed E-state index contributed by atoms with van der Waals surface area (Å²) in [4.78, 5) is 5.96. The van der Waals surface area contributed by atoms with Crippen LogP contribution in [0, 0.1) is 5.82 Å². The highest BCUT2D eigenvalue weighted by atomic mass is 19.1. The van der Waals surface area contributed by atoms with Gasteiger partial charge in [-0.1, -0.05) is 12.1 Å². The summed E-state index contributed by atoms with van der Waals surface area (Å²) in [5, 5.41) is 3.11. The van der Waals surface area contributed by atoms with Crippen molar-refractivity contribution in [1.82, 2.24) is 10.3 Å². The SMILES string of the molecule is CNC(C)c1ccc(N(C)Cc2cccnc2)c(F)c1. The molecule has 0 aliphatic carbocycles. The molecule has 20 heavy (non-hydrogen) atoms. The van der Waals surface area contributed by atoms with Crippen LogP contribution in [-0.4, -0.2) is 19.1 Å². The largest absolute Gasteiger partial charge is 0.368 e. The number of benzene rings is 1. The van der Waals surface area contributed by atoms with E-state index in [0.29, 0.717) is 12.2 Å². The van der Waals surface area contributed by atoms with Crippen molar-refractivity contribution < 1.29 is 4.39 Å². The quantitative estimate of drug-likeness (QED) is 0.907. The molecule has 1 atom stereocenters. The molecule has 4 heteroatoms. The average Bonchev–Trinajstić information content (AvgIpc) is 2.47. The number of anilines is 1. The Morgan fingerprint density at radius 1 is 1.35 bits per heavy atom. The standard InChI is InChI=1S/C16H20FN3/c1-12(18-2)14-6-7-16(15(17)9-14)20(3)11-13-5-4-8-19-10-13/h4-10,12,18H,11H2,1-3H3. The van der Waals surface area contributed by atoms with Gasteiger partial charge in [-0.2, -0.15) is 0 Å². The van der Waals surface area contributed by atoms with Crippen molar-refractivity contribution in [1.29, 1.82) is 0 Å². The van der Waals surface area contributed by atoms with E-state index in [4.69, 9.17) is 0 Å². The van der Waals surface area contributed by atoms with Gasteiger partial charge in [-0.3, -0.25) is 4.98 Å². The van der Waals surface area contributed by atoms with Crippen molar-refractivity contribution in [2.24, 2.45) is 0 Å². The minimum atomic E-state index is -0.198. The lowest BCUT2D eigenvalue weighted by atomic mass is 10.1. The molecular weight excluding hydrogens is 253 g/mol. The molecule has 0 aliphatic rings. The van der Waals surface area contributed by atoms with Crippen LogP contribution in [0.3, 0.4) is 0 Å². The van der Waals surface area contributed by atoms with Gasteiger partial charge >= 0.3 is 0 Å². The third-order valence-corrected chi connectivity index (χ3v) is 3.46. The lowest BCUT2D eigenvalue weighted by Gasteiger charge is -2.21. The molecule has 0 saturated carbocycles. The molecular formula is C16H20FN3. The molecule has 2 aromatic rings. The van der Waals surface area contributed by atoms with Crippen LogP contribution in [0.4, 0.5) is 10.1 Å². The van der Waals surface area contributed by atoms with Gasteiger partial charge in [0, 0.05) is 32.0 Å². The van der Waals surface area contributed by atoms with E-state index in [0.717, 1.165) is 11.1 Å². The molecule has 1 unspecified atom stereocenters. The first-order valence-corrected chi connectivity index (χ1v) is 6.68.